The Bertz CT molecular complexity index is 674. The third-order valence-electron chi connectivity index (χ3n) is 3.98. The van der Waals surface area contributed by atoms with Crippen LogP contribution in [0.5, 0.6) is 0 Å². The van der Waals surface area contributed by atoms with E-state index in [1.807, 2.05) is 34.6 Å². The van der Waals surface area contributed by atoms with Crippen molar-refractivity contribution in [1.82, 2.24) is 19.2 Å². The standard InChI is InChI=1S/C15H19BrN4O/c1-3-12-14(15(21)19-8-6-18(2)7-9-19)20-10-11(16)4-5-13(20)17-12/h4-5,10H,3,6-9H2,1-2H3. The van der Waals surface area contributed by atoms with Gasteiger partial charge < -0.3 is 9.80 Å². The number of aryl methyl sites for hydroxylation is 1. The lowest BCUT2D eigenvalue weighted by Gasteiger charge is -2.32. The Morgan fingerprint density at radius 3 is 2.67 bits per heavy atom. The summed E-state index contributed by atoms with van der Waals surface area (Å²) in [5.74, 6) is 0.0885. The number of carbonyl (C=O) groups excluding carboxylic acids is 1. The number of halogens is 1. The minimum Gasteiger partial charge on any atom is -0.335 e. The maximum Gasteiger partial charge on any atom is 0.272 e. The number of hydrogen-bond acceptors (Lipinski definition) is 3. The molecule has 0 unspecified atom stereocenters. The van der Waals surface area contributed by atoms with Crippen LogP contribution in [0.15, 0.2) is 22.8 Å². The predicted octanol–water partition coefficient (Wildman–Crippen LogP) is 2.05. The topological polar surface area (TPSA) is 40.9 Å². The fourth-order valence-corrected chi connectivity index (χ4v) is 3.04. The predicted molar refractivity (Wildman–Crippen MR) is 85.7 cm³/mol. The first-order valence-corrected chi connectivity index (χ1v) is 8.03. The van der Waals surface area contributed by atoms with Crippen LogP contribution in [-0.2, 0) is 6.42 Å². The van der Waals surface area contributed by atoms with Gasteiger partial charge >= 0.3 is 0 Å². The molecule has 2 aromatic heterocycles. The highest BCUT2D eigenvalue weighted by Crippen LogP contribution is 2.19. The molecule has 21 heavy (non-hydrogen) atoms. The number of likely N-dealkylation sites (N-methyl/N-ethyl adjacent to an activating group) is 1. The molecule has 6 heteroatoms. The number of hydrogen-bond donors (Lipinski definition) is 0. The SMILES string of the molecule is CCc1nc2ccc(Br)cn2c1C(=O)N1CCN(C)CC1. The molecular formula is C15H19BrN4O. The van der Waals surface area contributed by atoms with Crippen molar-refractivity contribution in [2.75, 3.05) is 33.2 Å². The van der Waals surface area contributed by atoms with Gasteiger partial charge in [-0.05, 0) is 41.5 Å². The van der Waals surface area contributed by atoms with Crippen LogP contribution in [0.4, 0.5) is 0 Å². The van der Waals surface area contributed by atoms with Crippen LogP contribution in [0.25, 0.3) is 5.65 Å². The van der Waals surface area contributed by atoms with Crippen LogP contribution in [0.2, 0.25) is 0 Å². The van der Waals surface area contributed by atoms with Crippen LogP contribution in [0.3, 0.4) is 0 Å². The van der Waals surface area contributed by atoms with E-state index >= 15 is 0 Å². The molecule has 0 N–H and O–H groups in total. The van der Waals surface area contributed by atoms with Crippen molar-refractivity contribution in [3.63, 3.8) is 0 Å². The van der Waals surface area contributed by atoms with Crippen LogP contribution in [0, 0.1) is 0 Å². The second kappa shape index (κ2) is 5.77. The number of pyridine rings is 1. The van der Waals surface area contributed by atoms with Crippen molar-refractivity contribution in [2.24, 2.45) is 0 Å². The normalized spacial score (nSPS) is 16.6. The van der Waals surface area contributed by atoms with Crippen molar-refractivity contribution in [3.8, 4) is 0 Å². The molecule has 1 fully saturated rings. The molecule has 1 amide bonds. The van der Waals surface area contributed by atoms with Gasteiger partial charge in [-0.2, -0.15) is 0 Å². The van der Waals surface area contributed by atoms with E-state index in [9.17, 15) is 4.79 Å². The zero-order chi connectivity index (χ0) is 15.0. The largest absolute Gasteiger partial charge is 0.335 e. The van der Waals surface area contributed by atoms with E-state index in [1.54, 1.807) is 0 Å². The number of carbonyl (C=O) groups is 1. The Morgan fingerprint density at radius 1 is 1.29 bits per heavy atom. The van der Waals surface area contributed by atoms with E-state index in [0.29, 0.717) is 5.69 Å². The van der Waals surface area contributed by atoms with Gasteiger partial charge in [0.1, 0.15) is 11.3 Å². The fraction of sp³-hybridized carbons (Fsp3) is 0.467. The molecule has 0 radical (unpaired) electrons. The molecule has 0 spiro atoms. The van der Waals surface area contributed by atoms with Gasteiger partial charge in [0, 0.05) is 36.8 Å². The molecular weight excluding hydrogens is 332 g/mol. The van der Waals surface area contributed by atoms with Gasteiger partial charge in [-0.1, -0.05) is 6.92 Å². The smallest absolute Gasteiger partial charge is 0.272 e. The number of fused-ring (bicyclic) bond motifs is 1. The molecule has 0 saturated carbocycles. The van der Waals surface area contributed by atoms with E-state index in [1.165, 1.54) is 0 Å². The van der Waals surface area contributed by atoms with Crippen molar-refractivity contribution in [2.45, 2.75) is 13.3 Å². The Balaban J connectivity index is 2.01. The third-order valence-corrected chi connectivity index (χ3v) is 4.45. The van der Waals surface area contributed by atoms with Crippen molar-refractivity contribution >= 4 is 27.5 Å². The highest BCUT2D eigenvalue weighted by atomic mass is 79.9. The average molecular weight is 351 g/mol. The van der Waals surface area contributed by atoms with Crippen LogP contribution in [0.1, 0.15) is 23.1 Å². The summed E-state index contributed by atoms with van der Waals surface area (Å²) in [6.45, 7) is 5.44. The summed E-state index contributed by atoms with van der Waals surface area (Å²) in [7, 11) is 2.09. The summed E-state index contributed by atoms with van der Waals surface area (Å²) in [5, 5.41) is 0. The molecule has 1 aliphatic rings. The monoisotopic (exact) mass is 350 g/mol. The second-order valence-electron chi connectivity index (χ2n) is 5.43. The maximum atomic E-state index is 12.9. The fourth-order valence-electron chi connectivity index (χ4n) is 2.70. The molecule has 112 valence electrons. The molecule has 2 aromatic rings. The summed E-state index contributed by atoms with van der Waals surface area (Å²) in [4.78, 5) is 21.7. The summed E-state index contributed by atoms with van der Waals surface area (Å²) < 4.78 is 2.85. The summed E-state index contributed by atoms with van der Waals surface area (Å²) in [6.07, 6.45) is 2.68. The third kappa shape index (κ3) is 2.70. The van der Waals surface area contributed by atoms with Crippen LogP contribution in [-0.4, -0.2) is 58.3 Å². The van der Waals surface area contributed by atoms with E-state index in [-0.39, 0.29) is 5.91 Å². The molecule has 5 nitrogen and oxygen atoms in total. The zero-order valence-electron chi connectivity index (χ0n) is 12.3. The highest BCUT2D eigenvalue weighted by molar-refractivity contribution is 9.10. The van der Waals surface area contributed by atoms with Gasteiger partial charge in [-0.25, -0.2) is 4.98 Å². The first-order chi connectivity index (χ1) is 10.1. The van der Waals surface area contributed by atoms with Crippen molar-refractivity contribution in [1.29, 1.82) is 0 Å². The Labute approximate surface area is 132 Å². The number of nitrogens with zero attached hydrogens (tertiary/aromatic N) is 4. The molecule has 0 aliphatic carbocycles. The zero-order valence-corrected chi connectivity index (χ0v) is 13.9. The molecule has 0 aromatic carbocycles. The van der Waals surface area contributed by atoms with Gasteiger partial charge in [-0.3, -0.25) is 9.20 Å². The van der Waals surface area contributed by atoms with E-state index in [2.05, 4.69) is 32.9 Å². The van der Waals surface area contributed by atoms with E-state index < -0.39 is 0 Å². The van der Waals surface area contributed by atoms with Gasteiger partial charge in [-0.15, -0.1) is 0 Å². The van der Waals surface area contributed by atoms with Gasteiger partial charge in [0.25, 0.3) is 5.91 Å². The Kier molecular flexibility index (Phi) is 3.99. The average Bonchev–Trinajstić information content (AvgIpc) is 2.85. The van der Waals surface area contributed by atoms with Crippen molar-refractivity contribution < 1.29 is 4.79 Å². The molecule has 3 heterocycles. The number of piperazine rings is 1. The van der Waals surface area contributed by atoms with Crippen molar-refractivity contribution in [3.05, 3.63) is 34.2 Å². The van der Waals surface area contributed by atoms with Crippen LogP contribution >= 0.6 is 15.9 Å². The lowest BCUT2D eigenvalue weighted by Crippen LogP contribution is -2.47. The first-order valence-electron chi connectivity index (χ1n) is 7.24. The molecule has 3 rings (SSSR count). The van der Waals surface area contributed by atoms with Gasteiger partial charge in [0.2, 0.25) is 0 Å². The van der Waals surface area contributed by atoms with Gasteiger partial charge in [0.15, 0.2) is 0 Å². The first kappa shape index (κ1) is 14.5. The number of rotatable bonds is 2. The quantitative estimate of drug-likeness (QED) is 0.832. The Morgan fingerprint density at radius 2 is 2.00 bits per heavy atom. The van der Waals surface area contributed by atoms with E-state index in [4.69, 9.17) is 0 Å². The minimum atomic E-state index is 0.0885. The maximum absolute atomic E-state index is 12.9. The number of imidazole rings is 1. The lowest BCUT2D eigenvalue weighted by atomic mass is 10.2. The highest BCUT2D eigenvalue weighted by Gasteiger charge is 2.25. The molecule has 0 atom stereocenters. The molecule has 0 bridgehead atoms. The summed E-state index contributed by atoms with van der Waals surface area (Å²) in [5.41, 5.74) is 2.41. The second-order valence-corrected chi connectivity index (χ2v) is 6.35. The number of aromatic nitrogens is 2. The minimum absolute atomic E-state index is 0.0885. The van der Waals surface area contributed by atoms with E-state index in [0.717, 1.165) is 48.4 Å². The molecule has 1 saturated heterocycles. The summed E-state index contributed by atoms with van der Waals surface area (Å²) >= 11 is 3.47. The number of amides is 1. The van der Waals surface area contributed by atoms with Crippen LogP contribution < -0.4 is 0 Å². The summed E-state index contributed by atoms with van der Waals surface area (Å²) in [6, 6.07) is 3.88. The molecule has 1 aliphatic heterocycles. The Hall–Kier alpha value is -1.40. The van der Waals surface area contributed by atoms with Gasteiger partial charge in [0.05, 0.1) is 5.69 Å². The lowest BCUT2D eigenvalue weighted by molar-refractivity contribution is 0.0656.